The van der Waals surface area contributed by atoms with E-state index in [0.29, 0.717) is 0 Å². The van der Waals surface area contributed by atoms with E-state index in [0.717, 1.165) is 41.1 Å². The minimum atomic E-state index is 0.737. The van der Waals surface area contributed by atoms with Crippen molar-refractivity contribution in [3.8, 4) is 11.4 Å². The van der Waals surface area contributed by atoms with E-state index in [2.05, 4.69) is 33.2 Å². The summed E-state index contributed by atoms with van der Waals surface area (Å²) in [5.41, 5.74) is 1.95. The van der Waals surface area contributed by atoms with Crippen molar-refractivity contribution in [3.63, 3.8) is 0 Å². The van der Waals surface area contributed by atoms with E-state index in [-0.39, 0.29) is 0 Å². The molecule has 1 aromatic carbocycles. The maximum atomic E-state index is 4.80. The van der Waals surface area contributed by atoms with Crippen LogP contribution in [0.5, 0.6) is 0 Å². The first kappa shape index (κ1) is 18.8. The standard InChI is InChI=1S/C22H28N6/c1-27-14-16-28(17-15-27)13-5-4-10-24-22-19-6-2-3-7-20(19)25-21(26-22)18-8-11-23-12-9-18/h2-3,6-9,11-12H,4-5,10,13-17H2,1H3,(H,24,25,26). The molecular weight excluding hydrogens is 348 g/mol. The van der Waals surface area contributed by atoms with Crippen LogP contribution >= 0.6 is 0 Å². The summed E-state index contributed by atoms with van der Waals surface area (Å²) in [5, 5.41) is 4.62. The van der Waals surface area contributed by atoms with Crippen molar-refractivity contribution in [1.29, 1.82) is 0 Å². The number of hydrogen-bond acceptors (Lipinski definition) is 6. The molecule has 0 unspecified atom stereocenters. The van der Waals surface area contributed by atoms with Crippen LogP contribution < -0.4 is 5.32 Å². The Balaban J connectivity index is 1.39. The van der Waals surface area contributed by atoms with E-state index in [1.54, 1.807) is 12.4 Å². The summed E-state index contributed by atoms with van der Waals surface area (Å²) in [6, 6.07) is 12.1. The molecule has 3 heterocycles. The van der Waals surface area contributed by atoms with Crippen LogP contribution in [0.1, 0.15) is 12.8 Å². The largest absolute Gasteiger partial charge is 0.369 e. The van der Waals surface area contributed by atoms with Gasteiger partial charge in [0.25, 0.3) is 0 Å². The second-order valence-corrected chi connectivity index (χ2v) is 7.43. The van der Waals surface area contributed by atoms with Crippen LogP contribution in [0.4, 0.5) is 5.82 Å². The monoisotopic (exact) mass is 376 g/mol. The van der Waals surface area contributed by atoms with Gasteiger partial charge in [-0.05, 0) is 50.7 Å². The Morgan fingerprint density at radius 3 is 2.54 bits per heavy atom. The third-order valence-electron chi connectivity index (χ3n) is 5.33. The topological polar surface area (TPSA) is 57.2 Å². The number of rotatable bonds is 7. The van der Waals surface area contributed by atoms with Crippen molar-refractivity contribution < 1.29 is 0 Å². The smallest absolute Gasteiger partial charge is 0.162 e. The number of unbranched alkanes of at least 4 members (excludes halogenated alkanes) is 1. The third-order valence-corrected chi connectivity index (χ3v) is 5.33. The van der Waals surface area contributed by atoms with Crippen molar-refractivity contribution in [2.75, 3.05) is 51.6 Å². The van der Waals surface area contributed by atoms with Crippen LogP contribution in [0.15, 0.2) is 48.8 Å². The number of aromatic nitrogens is 3. The number of nitrogens with one attached hydrogen (secondary N) is 1. The molecule has 0 bridgehead atoms. The highest BCUT2D eigenvalue weighted by Gasteiger charge is 2.13. The number of anilines is 1. The zero-order valence-electron chi connectivity index (χ0n) is 16.5. The molecule has 0 saturated carbocycles. The van der Waals surface area contributed by atoms with Crippen LogP contribution in [0.2, 0.25) is 0 Å². The highest BCUT2D eigenvalue weighted by molar-refractivity contribution is 5.90. The Morgan fingerprint density at radius 2 is 1.71 bits per heavy atom. The molecule has 6 heteroatoms. The van der Waals surface area contributed by atoms with E-state index in [9.17, 15) is 0 Å². The fourth-order valence-electron chi connectivity index (χ4n) is 3.58. The summed E-state index contributed by atoms with van der Waals surface area (Å²) in [7, 11) is 2.20. The van der Waals surface area contributed by atoms with Crippen molar-refractivity contribution in [1.82, 2.24) is 24.8 Å². The molecule has 0 radical (unpaired) electrons. The van der Waals surface area contributed by atoms with E-state index in [4.69, 9.17) is 9.97 Å². The molecule has 3 aromatic rings. The first-order valence-electron chi connectivity index (χ1n) is 10.1. The van der Waals surface area contributed by atoms with Crippen molar-refractivity contribution in [3.05, 3.63) is 48.8 Å². The quantitative estimate of drug-likeness (QED) is 0.640. The Labute approximate surface area is 166 Å². The molecular formula is C22H28N6. The highest BCUT2D eigenvalue weighted by Crippen LogP contribution is 2.24. The molecule has 6 nitrogen and oxygen atoms in total. The lowest BCUT2D eigenvalue weighted by atomic mass is 10.2. The Bertz CT molecular complexity index is 890. The molecule has 0 spiro atoms. The molecule has 2 aromatic heterocycles. The van der Waals surface area contributed by atoms with Crippen LogP contribution in [0.3, 0.4) is 0 Å². The van der Waals surface area contributed by atoms with Crippen LogP contribution in [0, 0.1) is 0 Å². The first-order chi connectivity index (χ1) is 13.8. The SMILES string of the molecule is CN1CCN(CCCCNc2nc(-c3ccncc3)nc3ccccc23)CC1. The maximum Gasteiger partial charge on any atom is 0.162 e. The molecule has 1 N–H and O–H groups in total. The van der Waals surface area contributed by atoms with Gasteiger partial charge >= 0.3 is 0 Å². The van der Waals surface area contributed by atoms with E-state index < -0.39 is 0 Å². The molecule has 1 aliphatic rings. The van der Waals surface area contributed by atoms with E-state index >= 15 is 0 Å². The summed E-state index contributed by atoms with van der Waals surface area (Å²) in [5.74, 6) is 1.65. The third kappa shape index (κ3) is 4.64. The number of hydrogen-bond donors (Lipinski definition) is 1. The average Bonchev–Trinajstić information content (AvgIpc) is 2.75. The Kier molecular flexibility index (Phi) is 6.09. The minimum Gasteiger partial charge on any atom is -0.369 e. The van der Waals surface area contributed by atoms with Crippen LogP contribution in [-0.4, -0.2) is 71.1 Å². The van der Waals surface area contributed by atoms with Crippen LogP contribution in [0.25, 0.3) is 22.3 Å². The molecule has 1 aliphatic heterocycles. The number of benzene rings is 1. The van der Waals surface area contributed by atoms with Gasteiger partial charge < -0.3 is 15.1 Å². The average molecular weight is 377 g/mol. The van der Waals surface area contributed by atoms with Gasteiger partial charge in [0.2, 0.25) is 0 Å². The predicted molar refractivity (Wildman–Crippen MR) is 114 cm³/mol. The predicted octanol–water partition coefficient (Wildman–Crippen LogP) is 3.13. The molecule has 4 rings (SSSR count). The Morgan fingerprint density at radius 1 is 0.929 bits per heavy atom. The lowest BCUT2D eigenvalue weighted by Crippen LogP contribution is -2.44. The molecule has 0 amide bonds. The number of nitrogens with zero attached hydrogens (tertiary/aromatic N) is 5. The van der Waals surface area contributed by atoms with Gasteiger partial charge in [0.05, 0.1) is 5.52 Å². The van der Waals surface area contributed by atoms with Crippen molar-refractivity contribution >= 4 is 16.7 Å². The van der Waals surface area contributed by atoms with E-state index in [1.807, 2.05) is 30.3 Å². The molecule has 0 atom stereocenters. The summed E-state index contributed by atoms with van der Waals surface area (Å²) >= 11 is 0. The second kappa shape index (κ2) is 9.08. The lowest BCUT2D eigenvalue weighted by molar-refractivity contribution is 0.152. The van der Waals surface area contributed by atoms with Gasteiger partial charge in [-0.25, -0.2) is 9.97 Å². The maximum absolute atomic E-state index is 4.80. The van der Waals surface area contributed by atoms with Gasteiger partial charge in [-0.3, -0.25) is 4.98 Å². The highest BCUT2D eigenvalue weighted by atomic mass is 15.2. The summed E-state index contributed by atoms with van der Waals surface area (Å²) < 4.78 is 0. The number of likely N-dealkylation sites (N-methyl/N-ethyl adjacent to an activating group) is 1. The second-order valence-electron chi connectivity index (χ2n) is 7.43. The minimum absolute atomic E-state index is 0.737. The van der Waals surface area contributed by atoms with Gasteiger partial charge in [-0.15, -0.1) is 0 Å². The molecule has 28 heavy (non-hydrogen) atoms. The molecule has 1 fully saturated rings. The molecule has 1 saturated heterocycles. The molecule has 146 valence electrons. The van der Waals surface area contributed by atoms with Gasteiger partial charge in [-0.1, -0.05) is 12.1 Å². The zero-order valence-corrected chi connectivity index (χ0v) is 16.5. The normalized spacial score (nSPS) is 15.8. The van der Waals surface area contributed by atoms with Gasteiger partial charge in [0.15, 0.2) is 5.82 Å². The summed E-state index contributed by atoms with van der Waals surface area (Å²) in [6.45, 7) is 6.85. The van der Waals surface area contributed by atoms with Crippen molar-refractivity contribution in [2.24, 2.45) is 0 Å². The van der Waals surface area contributed by atoms with Crippen molar-refractivity contribution in [2.45, 2.75) is 12.8 Å². The number of pyridine rings is 1. The molecule has 0 aliphatic carbocycles. The zero-order chi connectivity index (χ0) is 19.2. The Hall–Kier alpha value is -2.57. The van der Waals surface area contributed by atoms with E-state index in [1.165, 1.54) is 39.1 Å². The van der Waals surface area contributed by atoms with Crippen LogP contribution in [-0.2, 0) is 0 Å². The number of fused-ring (bicyclic) bond motifs is 1. The van der Waals surface area contributed by atoms with Gasteiger partial charge in [0, 0.05) is 56.1 Å². The number of para-hydroxylation sites is 1. The lowest BCUT2D eigenvalue weighted by Gasteiger charge is -2.32. The fraction of sp³-hybridized carbons (Fsp3) is 0.409. The summed E-state index contributed by atoms with van der Waals surface area (Å²) in [4.78, 5) is 18.6. The van der Waals surface area contributed by atoms with Gasteiger partial charge in [-0.2, -0.15) is 0 Å². The first-order valence-corrected chi connectivity index (χ1v) is 10.1. The summed E-state index contributed by atoms with van der Waals surface area (Å²) in [6.07, 6.45) is 5.89. The fourth-order valence-corrected chi connectivity index (χ4v) is 3.58. The van der Waals surface area contributed by atoms with Gasteiger partial charge in [0.1, 0.15) is 5.82 Å². The number of piperazine rings is 1.